The van der Waals surface area contributed by atoms with Crippen molar-refractivity contribution in [3.8, 4) is 5.75 Å². The summed E-state index contributed by atoms with van der Waals surface area (Å²) in [6.07, 6.45) is 0. The van der Waals surface area contributed by atoms with Gasteiger partial charge in [-0.05, 0) is 43.3 Å². The van der Waals surface area contributed by atoms with E-state index < -0.39 is 15.9 Å². The van der Waals surface area contributed by atoms with Crippen LogP contribution in [0, 0.1) is 6.92 Å². The molecule has 28 heavy (non-hydrogen) atoms. The molecule has 0 atom stereocenters. The SMILES string of the molecule is COc1ccc(S(=O)(=O)NCCNC(=O)CNC(=O)c2ccc(C)cc2)cc1. The minimum absolute atomic E-state index is 0.0199. The first kappa shape index (κ1) is 21.4. The van der Waals surface area contributed by atoms with Crippen LogP contribution in [0.4, 0.5) is 0 Å². The predicted molar refractivity (Wildman–Crippen MR) is 105 cm³/mol. The number of benzene rings is 2. The third-order valence-electron chi connectivity index (χ3n) is 3.83. The van der Waals surface area contributed by atoms with Crippen molar-refractivity contribution in [1.82, 2.24) is 15.4 Å². The lowest BCUT2D eigenvalue weighted by Gasteiger charge is -2.09. The Kier molecular flexibility index (Phi) is 7.53. The van der Waals surface area contributed by atoms with Crippen LogP contribution in [0.15, 0.2) is 53.4 Å². The number of methoxy groups -OCH3 is 1. The Hall–Kier alpha value is -2.91. The lowest BCUT2D eigenvalue weighted by molar-refractivity contribution is -0.120. The van der Waals surface area contributed by atoms with Crippen LogP contribution in [0.2, 0.25) is 0 Å². The summed E-state index contributed by atoms with van der Waals surface area (Å²) in [4.78, 5) is 23.8. The van der Waals surface area contributed by atoms with Crippen LogP contribution in [-0.4, -0.2) is 47.0 Å². The molecule has 2 aromatic rings. The van der Waals surface area contributed by atoms with Gasteiger partial charge in [-0.3, -0.25) is 9.59 Å². The molecule has 0 unspecified atom stereocenters. The summed E-state index contributed by atoms with van der Waals surface area (Å²) in [6, 6.07) is 12.9. The number of amides is 2. The molecule has 8 nitrogen and oxygen atoms in total. The highest BCUT2D eigenvalue weighted by Gasteiger charge is 2.13. The number of rotatable bonds is 9. The standard InChI is InChI=1S/C19H23N3O5S/c1-14-3-5-15(6-4-14)19(24)21-13-18(23)20-11-12-22-28(25,26)17-9-7-16(27-2)8-10-17/h3-10,22H,11-13H2,1-2H3,(H,20,23)(H,21,24). The number of carbonyl (C=O) groups excluding carboxylic acids is 2. The first-order valence-corrected chi connectivity index (χ1v) is 10.1. The average molecular weight is 405 g/mol. The molecule has 0 aliphatic carbocycles. The van der Waals surface area contributed by atoms with E-state index in [-0.39, 0.29) is 30.4 Å². The van der Waals surface area contributed by atoms with Gasteiger partial charge in [0.05, 0.1) is 18.6 Å². The van der Waals surface area contributed by atoms with Crippen LogP contribution in [0.3, 0.4) is 0 Å². The molecule has 0 saturated carbocycles. The van der Waals surface area contributed by atoms with E-state index in [4.69, 9.17) is 4.74 Å². The minimum atomic E-state index is -3.68. The summed E-state index contributed by atoms with van der Waals surface area (Å²) < 4.78 is 31.7. The number of hydrogen-bond acceptors (Lipinski definition) is 5. The molecule has 0 radical (unpaired) electrons. The van der Waals surface area contributed by atoms with Gasteiger partial charge in [-0.2, -0.15) is 0 Å². The van der Waals surface area contributed by atoms with Gasteiger partial charge in [0.2, 0.25) is 15.9 Å². The summed E-state index contributed by atoms with van der Waals surface area (Å²) in [5, 5.41) is 5.05. The zero-order chi connectivity index (χ0) is 20.6. The maximum Gasteiger partial charge on any atom is 0.251 e. The molecule has 0 aliphatic rings. The summed E-state index contributed by atoms with van der Waals surface area (Å²) in [5.74, 6) is -0.210. The lowest BCUT2D eigenvalue weighted by atomic mass is 10.1. The first-order chi connectivity index (χ1) is 13.3. The molecule has 0 saturated heterocycles. The van der Waals surface area contributed by atoms with Crippen molar-refractivity contribution in [2.75, 3.05) is 26.7 Å². The fourth-order valence-electron chi connectivity index (χ4n) is 2.26. The number of ether oxygens (including phenoxy) is 1. The number of aryl methyl sites for hydroxylation is 1. The maximum absolute atomic E-state index is 12.2. The van der Waals surface area contributed by atoms with Crippen molar-refractivity contribution in [1.29, 1.82) is 0 Å². The highest BCUT2D eigenvalue weighted by Crippen LogP contribution is 2.14. The molecule has 2 rings (SSSR count). The van der Waals surface area contributed by atoms with Crippen molar-refractivity contribution in [2.45, 2.75) is 11.8 Å². The largest absolute Gasteiger partial charge is 0.497 e. The molecule has 0 aliphatic heterocycles. The minimum Gasteiger partial charge on any atom is -0.497 e. The molecular formula is C19H23N3O5S. The van der Waals surface area contributed by atoms with E-state index in [1.165, 1.54) is 19.2 Å². The Bertz CT molecular complexity index is 910. The normalized spacial score (nSPS) is 10.9. The fraction of sp³-hybridized carbons (Fsp3) is 0.263. The number of hydrogen-bond donors (Lipinski definition) is 3. The van der Waals surface area contributed by atoms with Gasteiger partial charge in [-0.1, -0.05) is 17.7 Å². The Morgan fingerprint density at radius 2 is 1.57 bits per heavy atom. The van der Waals surface area contributed by atoms with Gasteiger partial charge < -0.3 is 15.4 Å². The molecule has 0 bridgehead atoms. The molecule has 150 valence electrons. The molecule has 9 heteroatoms. The van der Waals surface area contributed by atoms with E-state index in [1.807, 2.05) is 19.1 Å². The third-order valence-corrected chi connectivity index (χ3v) is 5.31. The van der Waals surface area contributed by atoms with E-state index in [0.29, 0.717) is 11.3 Å². The smallest absolute Gasteiger partial charge is 0.251 e. The van der Waals surface area contributed by atoms with Crippen molar-refractivity contribution >= 4 is 21.8 Å². The summed E-state index contributed by atoms with van der Waals surface area (Å²) in [5.41, 5.74) is 1.50. The summed E-state index contributed by atoms with van der Waals surface area (Å²) in [7, 11) is -2.18. The quantitative estimate of drug-likeness (QED) is 0.535. The lowest BCUT2D eigenvalue weighted by Crippen LogP contribution is -2.40. The first-order valence-electron chi connectivity index (χ1n) is 8.57. The second-order valence-corrected chi connectivity index (χ2v) is 7.74. The van der Waals surface area contributed by atoms with E-state index in [9.17, 15) is 18.0 Å². The highest BCUT2D eigenvalue weighted by atomic mass is 32.2. The van der Waals surface area contributed by atoms with Gasteiger partial charge in [0.15, 0.2) is 0 Å². The molecule has 0 fully saturated rings. The predicted octanol–water partition coefficient (Wildman–Crippen LogP) is 0.828. The number of sulfonamides is 1. The van der Waals surface area contributed by atoms with Gasteiger partial charge in [0.1, 0.15) is 5.75 Å². The van der Waals surface area contributed by atoms with Crippen LogP contribution in [0.25, 0.3) is 0 Å². The van der Waals surface area contributed by atoms with E-state index in [1.54, 1.807) is 24.3 Å². The second kappa shape index (κ2) is 9.86. The van der Waals surface area contributed by atoms with Gasteiger partial charge >= 0.3 is 0 Å². The Labute approximate surface area is 164 Å². The molecule has 0 aromatic heterocycles. The Balaban J connectivity index is 1.71. The second-order valence-electron chi connectivity index (χ2n) is 5.97. The molecule has 0 heterocycles. The zero-order valence-corrected chi connectivity index (χ0v) is 16.5. The van der Waals surface area contributed by atoms with Crippen LogP contribution in [0.1, 0.15) is 15.9 Å². The van der Waals surface area contributed by atoms with Crippen LogP contribution in [0.5, 0.6) is 5.75 Å². The topological polar surface area (TPSA) is 114 Å². The van der Waals surface area contributed by atoms with Gasteiger partial charge in [-0.15, -0.1) is 0 Å². The van der Waals surface area contributed by atoms with Gasteiger partial charge in [-0.25, -0.2) is 13.1 Å². The van der Waals surface area contributed by atoms with Crippen molar-refractivity contribution in [3.63, 3.8) is 0 Å². The summed E-state index contributed by atoms with van der Waals surface area (Å²) in [6.45, 7) is 1.83. The van der Waals surface area contributed by atoms with Gasteiger partial charge in [0, 0.05) is 18.7 Å². The maximum atomic E-state index is 12.2. The Morgan fingerprint density at radius 1 is 0.929 bits per heavy atom. The van der Waals surface area contributed by atoms with Gasteiger partial charge in [0.25, 0.3) is 5.91 Å². The van der Waals surface area contributed by atoms with E-state index >= 15 is 0 Å². The molecule has 2 aromatic carbocycles. The molecule has 3 N–H and O–H groups in total. The average Bonchev–Trinajstić information content (AvgIpc) is 2.70. The number of carbonyl (C=O) groups is 2. The molecule has 2 amide bonds. The van der Waals surface area contributed by atoms with Crippen molar-refractivity contribution in [3.05, 3.63) is 59.7 Å². The fourth-order valence-corrected chi connectivity index (χ4v) is 3.29. The summed E-state index contributed by atoms with van der Waals surface area (Å²) >= 11 is 0. The van der Waals surface area contributed by atoms with Crippen molar-refractivity contribution < 1.29 is 22.7 Å². The Morgan fingerprint density at radius 3 is 2.18 bits per heavy atom. The highest BCUT2D eigenvalue weighted by molar-refractivity contribution is 7.89. The van der Waals surface area contributed by atoms with Crippen molar-refractivity contribution in [2.24, 2.45) is 0 Å². The van der Waals surface area contributed by atoms with E-state index in [0.717, 1.165) is 5.56 Å². The van der Waals surface area contributed by atoms with Crippen LogP contribution < -0.4 is 20.1 Å². The molecule has 0 spiro atoms. The molecular weight excluding hydrogens is 382 g/mol. The zero-order valence-electron chi connectivity index (χ0n) is 15.7. The van der Waals surface area contributed by atoms with Crippen LogP contribution >= 0.6 is 0 Å². The monoisotopic (exact) mass is 405 g/mol. The third kappa shape index (κ3) is 6.36. The number of nitrogens with one attached hydrogen (secondary N) is 3. The van der Waals surface area contributed by atoms with Crippen LogP contribution in [-0.2, 0) is 14.8 Å². The van der Waals surface area contributed by atoms with E-state index in [2.05, 4.69) is 15.4 Å².